The zero-order valence-corrected chi connectivity index (χ0v) is 10.5. The lowest BCUT2D eigenvalue weighted by molar-refractivity contribution is 0.493. The maximum Gasteiger partial charge on any atom is 0.230 e. The summed E-state index contributed by atoms with van der Waals surface area (Å²) in [5.41, 5.74) is 0. The van der Waals surface area contributed by atoms with Crippen molar-refractivity contribution < 1.29 is 8.42 Å². The molecule has 0 saturated carbocycles. The lowest BCUT2D eigenvalue weighted by Crippen LogP contribution is -2.43. The molecule has 0 spiro atoms. The highest BCUT2D eigenvalue weighted by Crippen LogP contribution is 2.28. The number of nitriles is 1. The molecule has 0 amide bonds. The quantitative estimate of drug-likeness (QED) is 0.727. The van der Waals surface area contributed by atoms with Crippen LogP contribution >= 0.6 is 0 Å². The van der Waals surface area contributed by atoms with Gasteiger partial charge < -0.3 is 0 Å². The van der Waals surface area contributed by atoms with E-state index in [-0.39, 0.29) is 0 Å². The molecule has 1 atom stereocenters. The molecule has 0 aromatic heterocycles. The highest BCUT2D eigenvalue weighted by molar-refractivity contribution is 7.91. The Morgan fingerprint density at radius 2 is 1.87 bits per heavy atom. The molecule has 0 aliphatic carbocycles. The second-order valence-electron chi connectivity index (χ2n) is 3.67. The first-order valence-electron chi connectivity index (χ1n) is 5.34. The molecule has 0 bridgehead atoms. The maximum absolute atomic E-state index is 11.8. The van der Waals surface area contributed by atoms with Gasteiger partial charge in [0, 0.05) is 0 Å². The lowest BCUT2D eigenvalue weighted by atomic mass is 9.98. The smallest absolute Gasteiger partial charge is 0.217 e. The van der Waals surface area contributed by atoms with Gasteiger partial charge in [0.25, 0.3) is 0 Å². The van der Waals surface area contributed by atoms with E-state index in [1.165, 1.54) is 7.05 Å². The van der Waals surface area contributed by atoms with Gasteiger partial charge >= 0.3 is 0 Å². The minimum Gasteiger partial charge on any atom is -0.217 e. The van der Waals surface area contributed by atoms with Crippen LogP contribution in [-0.4, -0.2) is 20.2 Å². The van der Waals surface area contributed by atoms with Crippen molar-refractivity contribution in [2.24, 2.45) is 0 Å². The van der Waals surface area contributed by atoms with Crippen molar-refractivity contribution in [3.8, 4) is 6.07 Å². The van der Waals surface area contributed by atoms with E-state index in [4.69, 9.17) is 5.26 Å². The van der Waals surface area contributed by atoms with Gasteiger partial charge in [-0.2, -0.15) is 5.26 Å². The van der Waals surface area contributed by atoms with E-state index >= 15 is 0 Å². The van der Waals surface area contributed by atoms with E-state index in [0.717, 1.165) is 12.8 Å². The maximum atomic E-state index is 11.8. The van der Waals surface area contributed by atoms with E-state index in [1.807, 2.05) is 19.9 Å². The highest BCUT2D eigenvalue weighted by Gasteiger charge is 2.41. The van der Waals surface area contributed by atoms with Crippen molar-refractivity contribution in [2.45, 2.75) is 50.7 Å². The predicted octanol–water partition coefficient (Wildman–Crippen LogP) is 1.79. The van der Waals surface area contributed by atoms with Crippen LogP contribution in [0, 0.1) is 11.3 Å². The summed E-state index contributed by atoms with van der Waals surface area (Å²) in [5.74, 6) is 0. The Morgan fingerprint density at radius 1 is 1.27 bits per heavy atom. The largest absolute Gasteiger partial charge is 0.230 e. The summed E-state index contributed by atoms with van der Waals surface area (Å²) in [6.45, 7) is 3.88. The van der Waals surface area contributed by atoms with Crippen molar-refractivity contribution in [3.63, 3.8) is 0 Å². The minimum atomic E-state index is -3.52. The third-order valence-electron chi connectivity index (χ3n) is 2.57. The van der Waals surface area contributed by atoms with E-state index in [1.54, 1.807) is 0 Å². The molecule has 0 fully saturated rings. The van der Waals surface area contributed by atoms with Crippen molar-refractivity contribution in [2.75, 3.05) is 7.05 Å². The molecule has 5 heteroatoms. The number of nitrogens with zero attached hydrogens (tertiary/aromatic N) is 1. The highest BCUT2D eigenvalue weighted by atomic mass is 32.2. The summed E-state index contributed by atoms with van der Waals surface area (Å²) in [5, 5.41) is 9.13. The first-order valence-corrected chi connectivity index (χ1v) is 6.82. The van der Waals surface area contributed by atoms with Gasteiger partial charge in [-0.3, -0.25) is 0 Å². The van der Waals surface area contributed by atoms with Crippen LogP contribution in [0.5, 0.6) is 0 Å². The molecule has 1 N–H and O–H groups in total. The van der Waals surface area contributed by atoms with E-state index in [2.05, 4.69) is 4.72 Å². The SMILES string of the molecule is CCCCC(C#N)(CCC)S(=O)(=O)NC. The lowest BCUT2D eigenvalue weighted by Gasteiger charge is -2.25. The summed E-state index contributed by atoms with van der Waals surface area (Å²) in [7, 11) is -2.15. The molecule has 0 aromatic carbocycles. The van der Waals surface area contributed by atoms with E-state index in [0.29, 0.717) is 19.3 Å². The molecule has 0 aliphatic heterocycles. The fourth-order valence-electron chi connectivity index (χ4n) is 1.63. The van der Waals surface area contributed by atoms with Crippen molar-refractivity contribution in [1.82, 2.24) is 4.72 Å². The van der Waals surface area contributed by atoms with Crippen LogP contribution in [0.4, 0.5) is 0 Å². The first kappa shape index (κ1) is 14.4. The summed E-state index contributed by atoms with van der Waals surface area (Å²) < 4.78 is 24.7. The fourth-order valence-corrected chi connectivity index (χ4v) is 3.02. The topological polar surface area (TPSA) is 70.0 Å². The number of rotatable bonds is 7. The Bertz CT molecular complexity index is 319. The average Bonchev–Trinajstić information content (AvgIpc) is 2.24. The molecular formula is C10H20N2O2S. The van der Waals surface area contributed by atoms with Crippen molar-refractivity contribution in [1.29, 1.82) is 5.26 Å². The molecule has 0 radical (unpaired) electrons. The van der Waals surface area contributed by atoms with Crippen LogP contribution in [-0.2, 0) is 10.0 Å². The van der Waals surface area contributed by atoms with Gasteiger partial charge in [0.2, 0.25) is 10.0 Å². The van der Waals surface area contributed by atoms with Crippen LogP contribution in [0.1, 0.15) is 46.0 Å². The van der Waals surface area contributed by atoms with E-state index < -0.39 is 14.8 Å². The van der Waals surface area contributed by atoms with Crippen LogP contribution in [0.25, 0.3) is 0 Å². The van der Waals surface area contributed by atoms with Gasteiger partial charge in [-0.1, -0.05) is 33.1 Å². The molecule has 4 nitrogen and oxygen atoms in total. The number of unbranched alkanes of at least 4 members (excludes halogenated alkanes) is 1. The second kappa shape index (κ2) is 6.09. The molecule has 15 heavy (non-hydrogen) atoms. The number of hydrogen-bond acceptors (Lipinski definition) is 3. The van der Waals surface area contributed by atoms with Gasteiger partial charge in [-0.25, -0.2) is 13.1 Å². The number of hydrogen-bond donors (Lipinski definition) is 1. The van der Waals surface area contributed by atoms with Crippen LogP contribution < -0.4 is 4.72 Å². The Labute approximate surface area is 92.7 Å². The molecular weight excluding hydrogens is 212 g/mol. The van der Waals surface area contributed by atoms with Gasteiger partial charge in [-0.15, -0.1) is 0 Å². The molecule has 0 aromatic rings. The van der Waals surface area contributed by atoms with Crippen molar-refractivity contribution in [3.05, 3.63) is 0 Å². The number of nitrogens with one attached hydrogen (secondary N) is 1. The first-order chi connectivity index (χ1) is 6.99. The Balaban J connectivity index is 5.08. The van der Waals surface area contributed by atoms with Gasteiger partial charge in [-0.05, 0) is 19.9 Å². The average molecular weight is 232 g/mol. The predicted molar refractivity (Wildman–Crippen MR) is 60.8 cm³/mol. The summed E-state index contributed by atoms with van der Waals surface area (Å²) in [6.07, 6.45) is 3.16. The zero-order chi connectivity index (χ0) is 11.9. The third-order valence-corrected chi connectivity index (χ3v) is 4.64. The fraction of sp³-hybridized carbons (Fsp3) is 0.900. The molecule has 0 rings (SSSR count). The summed E-state index contributed by atoms with van der Waals surface area (Å²) >= 11 is 0. The Kier molecular flexibility index (Phi) is 5.84. The molecule has 0 aliphatic rings. The van der Waals surface area contributed by atoms with Crippen molar-refractivity contribution >= 4 is 10.0 Å². The zero-order valence-electron chi connectivity index (χ0n) is 9.71. The number of sulfonamides is 1. The van der Waals surface area contributed by atoms with Gasteiger partial charge in [0.05, 0.1) is 6.07 Å². The standard InChI is InChI=1S/C10H20N2O2S/c1-4-6-8-10(9-11,7-5-2)15(13,14)12-3/h12H,4-8H2,1-3H3. The second-order valence-corrected chi connectivity index (χ2v) is 5.86. The molecule has 0 saturated heterocycles. The van der Waals surface area contributed by atoms with Crippen LogP contribution in [0.3, 0.4) is 0 Å². The Hall–Kier alpha value is -0.600. The van der Waals surface area contributed by atoms with Gasteiger partial charge in [0.1, 0.15) is 0 Å². The monoisotopic (exact) mass is 232 g/mol. The molecule has 0 heterocycles. The third kappa shape index (κ3) is 3.18. The summed E-state index contributed by atoms with van der Waals surface area (Å²) in [4.78, 5) is 0. The minimum absolute atomic E-state index is 0.396. The normalized spacial score (nSPS) is 15.6. The van der Waals surface area contributed by atoms with Crippen LogP contribution in [0.2, 0.25) is 0 Å². The molecule has 88 valence electrons. The molecule has 1 unspecified atom stereocenters. The Morgan fingerprint density at radius 3 is 2.20 bits per heavy atom. The van der Waals surface area contributed by atoms with Crippen LogP contribution in [0.15, 0.2) is 0 Å². The van der Waals surface area contributed by atoms with Gasteiger partial charge in [0.15, 0.2) is 4.75 Å². The summed E-state index contributed by atoms with van der Waals surface area (Å²) in [6, 6.07) is 1.99. The van der Waals surface area contributed by atoms with E-state index in [9.17, 15) is 8.42 Å².